The molecule has 0 aromatic heterocycles. The summed E-state index contributed by atoms with van der Waals surface area (Å²) in [5.74, 6) is 0.787. The molecule has 1 fully saturated rings. The van der Waals surface area contributed by atoms with E-state index in [2.05, 4.69) is 24.1 Å². The van der Waals surface area contributed by atoms with Crippen LogP contribution in [0.25, 0.3) is 0 Å². The number of methoxy groups -OCH3 is 1. The van der Waals surface area contributed by atoms with Crippen molar-refractivity contribution in [2.45, 2.75) is 32.7 Å². The van der Waals surface area contributed by atoms with E-state index in [1.165, 1.54) is 26.1 Å². The van der Waals surface area contributed by atoms with E-state index >= 15 is 0 Å². The lowest BCUT2D eigenvalue weighted by molar-refractivity contribution is 0.139. The molecule has 0 bridgehead atoms. The second-order valence-electron chi connectivity index (χ2n) is 4.59. The normalized spacial score (nSPS) is 25.4. The first-order valence-electron chi connectivity index (χ1n) is 6.22. The summed E-state index contributed by atoms with van der Waals surface area (Å²) in [6.07, 6.45) is 2.42. The quantitative estimate of drug-likeness (QED) is 0.675. The van der Waals surface area contributed by atoms with Crippen molar-refractivity contribution < 1.29 is 4.74 Å². The van der Waals surface area contributed by atoms with Gasteiger partial charge in [-0.2, -0.15) is 0 Å². The molecule has 0 aromatic carbocycles. The summed E-state index contributed by atoms with van der Waals surface area (Å²) in [6.45, 7) is 10.2. The van der Waals surface area contributed by atoms with Crippen LogP contribution in [0.3, 0.4) is 0 Å². The van der Waals surface area contributed by atoms with Crippen LogP contribution in [-0.4, -0.2) is 50.8 Å². The molecule has 0 aliphatic carbocycles. The Labute approximate surface area is 94.2 Å². The third-order valence-corrected chi connectivity index (χ3v) is 3.44. The van der Waals surface area contributed by atoms with Gasteiger partial charge in [0.25, 0.3) is 0 Å². The molecular formula is C12H26N2O. The monoisotopic (exact) mass is 214 g/mol. The molecule has 1 aliphatic heterocycles. The Bertz CT molecular complexity index is 164. The molecule has 90 valence electrons. The molecule has 0 saturated carbocycles. The zero-order valence-electron chi connectivity index (χ0n) is 10.5. The number of piperazine rings is 1. The Kier molecular flexibility index (Phi) is 6.22. The Morgan fingerprint density at radius 2 is 2.33 bits per heavy atom. The SMILES string of the molecule is CCC(C)C1CN(CCCOC)CCN1. The van der Waals surface area contributed by atoms with Gasteiger partial charge in [-0.25, -0.2) is 0 Å². The van der Waals surface area contributed by atoms with E-state index < -0.39 is 0 Å². The van der Waals surface area contributed by atoms with Gasteiger partial charge in [-0.15, -0.1) is 0 Å². The molecule has 0 amide bonds. The van der Waals surface area contributed by atoms with E-state index in [1.54, 1.807) is 7.11 Å². The lowest BCUT2D eigenvalue weighted by atomic mass is 9.97. The highest BCUT2D eigenvalue weighted by Gasteiger charge is 2.22. The maximum Gasteiger partial charge on any atom is 0.0474 e. The Hall–Kier alpha value is -0.120. The number of hydrogen-bond acceptors (Lipinski definition) is 3. The van der Waals surface area contributed by atoms with Gasteiger partial charge in [-0.05, 0) is 12.3 Å². The highest BCUT2D eigenvalue weighted by atomic mass is 16.5. The minimum absolute atomic E-state index is 0.686. The fraction of sp³-hybridized carbons (Fsp3) is 1.00. The number of nitrogens with one attached hydrogen (secondary N) is 1. The first-order valence-corrected chi connectivity index (χ1v) is 6.22. The van der Waals surface area contributed by atoms with Crippen LogP contribution < -0.4 is 5.32 Å². The van der Waals surface area contributed by atoms with Crippen molar-refractivity contribution >= 4 is 0 Å². The van der Waals surface area contributed by atoms with Crippen LogP contribution in [0.2, 0.25) is 0 Å². The van der Waals surface area contributed by atoms with Crippen molar-refractivity contribution in [1.29, 1.82) is 0 Å². The Morgan fingerprint density at radius 3 is 3.00 bits per heavy atom. The molecule has 1 N–H and O–H groups in total. The van der Waals surface area contributed by atoms with E-state index in [1.807, 2.05) is 0 Å². The topological polar surface area (TPSA) is 24.5 Å². The zero-order chi connectivity index (χ0) is 11.1. The summed E-state index contributed by atoms with van der Waals surface area (Å²) in [5.41, 5.74) is 0. The Morgan fingerprint density at radius 1 is 1.53 bits per heavy atom. The summed E-state index contributed by atoms with van der Waals surface area (Å²) in [4.78, 5) is 2.56. The van der Waals surface area contributed by atoms with Crippen LogP contribution in [0.15, 0.2) is 0 Å². The van der Waals surface area contributed by atoms with Crippen molar-refractivity contribution in [3.05, 3.63) is 0 Å². The highest BCUT2D eigenvalue weighted by molar-refractivity contribution is 4.81. The molecule has 1 rings (SSSR count). The van der Waals surface area contributed by atoms with Gasteiger partial charge in [0.05, 0.1) is 0 Å². The highest BCUT2D eigenvalue weighted by Crippen LogP contribution is 2.12. The number of hydrogen-bond donors (Lipinski definition) is 1. The molecule has 1 heterocycles. The summed E-state index contributed by atoms with van der Waals surface area (Å²) in [6, 6.07) is 0.686. The predicted octanol–water partition coefficient (Wildman–Crippen LogP) is 1.34. The van der Waals surface area contributed by atoms with E-state index in [-0.39, 0.29) is 0 Å². The fourth-order valence-corrected chi connectivity index (χ4v) is 2.14. The second kappa shape index (κ2) is 7.20. The summed E-state index contributed by atoms with van der Waals surface area (Å²) in [5, 5.41) is 3.62. The number of nitrogens with zero attached hydrogens (tertiary/aromatic N) is 1. The Balaban J connectivity index is 2.22. The molecule has 2 unspecified atom stereocenters. The maximum absolute atomic E-state index is 5.09. The minimum Gasteiger partial charge on any atom is -0.385 e. The van der Waals surface area contributed by atoms with Crippen LogP contribution in [0.4, 0.5) is 0 Å². The average molecular weight is 214 g/mol. The van der Waals surface area contributed by atoms with Crippen molar-refractivity contribution in [2.75, 3.05) is 39.9 Å². The third-order valence-electron chi connectivity index (χ3n) is 3.44. The molecule has 3 nitrogen and oxygen atoms in total. The van der Waals surface area contributed by atoms with Crippen molar-refractivity contribution in [2.24, 2.45) is 5.92 Å². The number of rotatable bonds is 6. The molecule has 0 spiro atoms. The summed E-state index contributed by atoms with van der Waals surface area (Å²) >= 11 is 0. The smallest absolute Gasteiger partial charge is 0.0474 e. The summed E-state index contributed by atoms with van der Waals surface area (Å²) < 4.78 is 5.09. The minimum atomic E-state index is 0.686. The van der Waals surface area contributed by atoms with Crippen LogP contribution in [0.5, 0.6) is 0 Å². The first kappa shape index (κ1) is 12.9. The van der Waals surface area contributed by atoms with E-state index in [9.17, 15) is 0 Å². The molecule has 15 heavy (non-hydrogen) atoms. The molecule has 0 aromatic rings. The van der Waals surface area contributed by atoms with Gasteiger partial charge in [-0.3, -0.25) is 0 Å². The largest absolute Gasteiger partial charge is 0.385 e. The van der Waals surface area contributed by atoms with Crippen molar-refractivity contribution in [1.82, 2.24) is 10.2 Å². The molecule has 1 saturated heterocycles. The van der Waals surface area contributed by atoms with Gasteiger partial charge in [0.15, 0.2) is 0 Å². The lowest BCUT2D eigenvalue weighted by Gasteiger charge is -2.36. The molecule has 3 heteroatoms. The van der Waals surface area contributed by atoms with Crippen LogP contribution in [0.1, 0.15) is 26.7 Å². The van der Waals surface area contributed by atoms with Crippen molar-refractivity contribution in [3.8, 4) is 0 Å². The average Bonchev–Trinajstić information content (AvgIpc) is 2.29. The van der Waals surface area contributed by atoms with E-state index in [0.717, 1.165) is 25.5 Å². The molecule has 1 aliphatic rings. The molecular weight excluding hydrogens is 188 g/mol. The maximum atomic E-state index is 5.09. The lowest BCUT2D eigenvalue weighted by Crippen LogP contribution is -2.53. The van der Waals surface area contributed by atoms with Gasteiger partial charge in [0.1, 0.15) is 0 Å². The number of ether oxygens (including phenoxy) is 1. The fourth-order valence-electron chi connectivity index (χ4n) is 2.14. The predicted molar refractivity (Wildman–Crippen MR) is 64.2 cm³/mol. The second-order valence-corrected chi connectivity index (χ2v) is 4.59. The summed E-state index contributed by atoms with van der Waals surface area (Å²) in [7, 11) is 1.78. The van der Waals surface area contributed by atoms with Crippen LogP contribution in [0, 0.1) is 5.92 Å². The van der Waals surface area contributed by atoms with Gasteiger partial charge in [0, 0.05) is 45.9 Å². The standard InChI is InChI=1S/C12H26N2O/c1-4-11(2)12-10-14(8-6-13-12)7-5-9-15-3/h11-13H,4-10H2,1-3H3. The van der Waals surface area contributed by atoms with Gasteiger partial charge < -0.3 is 15.0 Å². The van der Waals surface area contributed by atoms with Crippen molar-refractivity contribution in [3.63, 3.8) is 0 Å². The van der Waals surface area contributed by atoms with E-state index in [4.69, 9.17) is 4.74 Å². The zero-order valence-corrected chi connectivity index (χ0v) is 10.5. The van der Waals surface area contributed by atoms with E-state index in [0.29, 0.717) is 6.04 Å². The third kappa shape index (κ3) is 4.49. The van der Waals surface area contributed by atoms with Gasteiger partial charge in [-0.1, -0.05) is 20.3 Å². The first-order chi connectivity index (χ1) is 7.27. The van der Waals surface area contributed by atoms with Gasteiger partial charge in [0.2, 0.25) is 0 Å². The van der Waals surface area contributed by atoms with Crippen LogP contribution in [-0.2, 0) is 4.74 Å². The van der Waals surface area contributed by atoms with Crippen LogP contribution >= 0.6 is 0 Å². The molecule has 2 atom stereocenters. The van der Waals surface area contributed by atoms with Gasteiger partial charge >= 0.3 is 0 Å². The molecule has 0 radical (unpaired) electrons.